The van der Waals surface area contributed by atoms with Crippen LogP contribution >= 0.6 is 0 Å². The first-order chi connectivity index (χ1) is 7.56. The number of imidazole rings is 1. The summed E-state index contributed by atoms with van der Waals surface area (Å²) in [6, 6.07) is 5.37. The fourth-order valence-electron chi connectivity index (χ4n) is 1.76. The number of nitriles is 1. The summed E-state index contributed by atoms with van der Waals surface area (Å²) >= 11 is 0. The molecule has 82 valence electrons. The van der Waals surface area contributed by atoms with E-state index >= 15 is 0 Å². The molecule has 0 saturated carbocycles. The highest BCUT2D eigenvalue weighted by Gasteiger charge is 2.14. The van der Waals surface area contributed by atoms with Gasteiger partial charge < -0.3 is 0 Å². The van der Waals surface area contributed by atoms with Gasteiger partial charge in [-0.25, -0.2) is 9.78 Å². The molecule has 0 N–H and O–H groups in total. The molecular formula is C11H12N4O. The van der Waals surface area contributed by atoms with E-state index in [4.69, 9.17) is 5.26 Å². The van der Waals surface area contributed by atoms with Crippen LogP contribution in [0.5, 0.6) is 0 Å². The first kappa shape index (κ1) is 10.4. The lowest BCUT2D eigenvalue weighted by atomic mass is 10.3. The number of pyridine rings is 1. The number of hydrogen-bond acceptors (Lipinski definition) is 3. The topological polar surface area (TPSA) is 63.6 Å². The van der Waals surface area contributed by atoms with Gasteiger partial charge in [0, 0.05) is 13.1 Å². The molecule has 2 rings (SSSR count). The molecule has 0 saturated heterocycles. The van der Waals surface area contributed by atoms with Crippen molar-refractivity contribution in [3.63, 3.8) is 0 Å². The summed E-state index contributed by atoms with van der Waals surface area (Å²) in [7, 11) is 1.71. The minimum Gasteiger partial charge on any atom is -0.293 e. The summed E-state index contributed by atoms with van der Waals surface area (Å²) in [5.41, 5.74) is 1.54. The van der Waals surface area contributed by atoms with Crippen molar-refractivity contribution in [3.8, 4) is 6.07 Å². The quantitative estimate of drug-likeness (QED) is 0.719. The van der Waals surface area contributed by atoms with E-state index in [1.807, 2.05) is 19.9 Å². The molecule has 0 radical (unpaired) electrons. The van der Waals surface area contributed by atoms with Gasteiger partial charge in [0.15, 0.2) is 5.65 Å². The van der Waals surface area contributed by atoms with E-state index in [2.05, 4.69) is 4.98 Å². The van der Waals surface area contributed by atoms with Crippen molar-refractivity contribution in [2.24, 2.45) is 7.05 Å². The number of hydrogen-bond donors (Lipinski definition) is 0. The first-order valence-electron chi connectivity index (χ1n) is 5.04. The Labute approximate surface area is 92.6 Å². The van der Waals surface area contributed by atoms with E-state index in [1.54, 1.807) is 28.3 Å². The Morgan fingerprint density at radius 3 is 2.69 bits per heavy atom. The zero-order valence-corrected chi connectivity index (χ0v) is 9.43. The molecule has 0 aliphatic heterocycles. The lowest BCUT2D eigenvalue weighted by Crippen LogP contribution is -2.23. The predicted molar refractivity (Wildman–Crippen MR) is 60.1 cm³/mol. The number of rotatable bonds is 1. The third-order valence-corrected chi connectivity index (χ3v) is 2.57. The molecule has 2 heterocycles. The van der Waals surface area contributed by atoms with Gasteiger partial charge in [-0.1, -0.05) is 0 Å². The maximum absolute atomic E-state index is 11.9. The molecule has 0 fully saturated rings. The molecule has 0 aliphatic carbocycles. The Kier molecular flexibility index (Phi) is 2.27. The van der Waals surface area contributed by atoms with Crippen LogP contribution in [0, 0.1) is 11.3 Å². The molecule has 0 amide bonds. The van der Waals surface area contributed by atoms with Crippen molar-refractivity contribution >= 4 is 11.2 Å². The molecular weight excluding hydrogens is 204 g/mol. The Morgan fingerprint density at radius 2 is 2.12 bits per heavy atom. The number of fused-ring (bicyclic) bond motifs is 1. The van der Waals surface area contributed by atoms with Crippen LogP contribution in [0.25, 0.3) is 11.2 Å². The first-order valence-corrected chi connectivity index (χ1v) is 5.04. The van der Waals surface area contributed by atoms with Gasteiger partial charge in [0.1, 0.15) is 11.8 Å². The third kappa shape index (κ3) is 1.31. The van der Waals surface area contributed by atoms with E-state index in [-0.39, 0.29) is 11.7 Å². The van der Waals surface area contributed by atoms with Gasteiger partial charge in [-0.3, -0.25) is 9.13 Å². The highest BCUT2D eigenvalue weighted by atomic mass is 16.1. The maximum atomic E-state index is 11.9. The third-order valence-electron chi connectivity index (χ3n) is 2.57. The van der Waals surface area contributed by atoms with Crippen LogP contribution < -0.4 is 5.69 Å². The van der Waals surface area contributed by atoms with E-state index < -0.39 is 0 Å². The second-order valence-corrected chi connectivity index (χ2v) is 3.96. The highest BCUT2D eigenvalue weighted by molar-refractivity contribution is 5.72. The zero-order chi connectivity index (χ0) is 11.9. The second-order valence-electron chi connectivity index (χ2n) is 3.96. The summed E-state index contributed by atoms with van der Waals surface area (Å²) in [6.45, 7) is 3.84. The van der Waals surface area contributed by atoms with Gasteiger partial charge in [0.25, 0.3) is 0 Å². The molecule has 0 aromatic carbocycles. The minimum atomic E-state index is -0.104. The Bertz CT molecular complexity index is 642. The van der Waals surface area contributed by atoms with Crippen LogP contribution in [0.3, 0.4) is 0 Å². The van der Waals surface area contributed by atoms with Gasteiger partial charge in [-0.05, 0) is 26.0 Å². The molecule has 0 atom stereocenters. The van der Waals surface area contributed by atoms with E-state index in [0.29, 0.717) is 11.3 Å². The lowest BCUT2D eigenvalue weighted by molar-refractivity contribution is 0.579. The van der Waals surface area contributed by atoms with E-state index in [9.17, 15) is 4.79 Å². The summed E-state index contributed by atoms with van der Waals surface area (Å²) in [5.74, 6) is 0. The van der Waals surface area contributed by atoms with Crippen LogP contribution in [0.1, 0.15) is 25.6 Å². The average Bonchev–Trinajstić information content (AvgIpc) is 2.51. The SMILES string of the molecule is CC(C)n1c(=O)n(C)c2ccc(C#N)nc21. The summed E-state index contributed by atoms with van der Waals surface area (Å²) in [4.78, 5) is 16.1. The molecule has 2 aromatic heterocycles. The van der Waals surface area contributed by atoms with E-state index in [1.165, 1.54) is 0 Å². The van der Waals surface area contributed by atoms with Crippen molar-refractivity contribution in [2.75, 3.05) is 0 Å². The number of aromatic nitrogens is 3. The fraction of sp³-hybridized carbons (Fsp3) is 0.364. The van der Waals surface area contributed by atoms with Gasteiger partial charge in [0.2, 0.25) is 0 Å². The smallest absolute Gasteiger partial charge is 0.293 e. The van der Waals surface area contributed by atoms with E-state index in [0.717, 1.165) is 5.52 Å². The van der Waals surface area contributed by atoms with Gasteiger partial charge in [-0.15, -0.1) is 0 Å². The molecule has 0 spiro atoms. The standard InChI is InChI=1S/C11H12N4O/c1-7(2)15-10-9(14(3)11(15)16)5-4-8(6-12)13-10/h4-5,7H,1-3H3. The van der Waals surface area contributed by atoms with Crippen molar-refractivity contribution < 1.29 is 0 Å². The molecule has 5 heteroatoms. The van der Waals surface area contributed by atoms with Crippen LogP contribution in [0.4, 0.5) is 0 Å². The highest BCUT2D eigenvalue weighted by Crippen LogP contribution is 2.14. The van der Waals surface area contributed by atoms with Crippen molar-refractivity contribution in [2.45, 2.75) is 19.9 Å². The number of nitrogens with zero attached hydrogens (tertiary/aromatic N) is 4. The van der Waals surface area contributed by atoms with Crippen molar-refractivity contribution in [1.82, 2.24) is 14.1 Å². The number of aryl methyl sites for hydroxylation is 1. The molecule has 16 heavy (non-hydrogen) atoms. The fourth-order valence-corrected chi connectivity index (χ4v) is 1.76. The normalized spacial score (nSPS) is 10.9. The average molecular weight is 216 g/mol. The molecule has 0 bridgehead atoms. The molecule has 0 aliphatic rings. The van der Waals surface area contributed by atoms with Crippen molar-refractivity contribution in [1.29, 1.82) is 5.26 Å². The summed E-state index contributed by atoms with van der Waals surface area (Å²) in [6.07, 6.45) is 0. The van der Waals surface area contributed by atoms with Gasteiger partial charge >= 0.3 is 5.69 Å². The van der Waals surface area contributed by atoms with Crippen LogP contribution in [-0.4, -0.2) is 14.1 Å². The predicted octanol–water partition coefficient (Wildman–Crippen LogP) is 1.19. The lowest BCUT2D eigenvalue weighted by Gasteiger charge is -2.05. The molecule has 5 nitrogen and oxygen atoms in total. The molecule has 0 unspecified atom stereocenters. The molecule has 2 aromatic rings. The largest absolute Gasteiger partial charge is 0.330 e. The van der Waals surface area contributed by atoms with Crippen LogP contribution in [0.15, 0.2) is 16.9 Å². The summed E-state index contributed by atoms with van der Waals surface area (Å²) < 4.78 is 3.14. The van der Waals surface area contributed by atoms with Crippen LogP contribution in [0.2, 0.25) is 0 Å². The summed E-state index contributed by atoms with van der Waals surface area (Å²) in [5, 5.41) is 8.80. The van der Waals surface area contributed by atoms with Gasteiger partial charge in [0.05, 0.1) is 5.52 Å². The van der Waals surface area contributed by atoms with Crippen molar-refractivity contribution in [3.05, 3.63) is 28.3 Å². The monoisotopic (exact) mass is 216 g/mol. The minimum absolute atomic E-state index is 0.0256. The van der Waals surface area contributed by atoms with Crippen LogP contribution in [-0.2, 0) is 7.05 Å². The zero-order valence-electron chi connectivity index (χ0n) is 9.43. The van der Waals surface area contributed by atoms with Gasteiger partial charge in [-0.2, -0.15) is 5.26 Å². The Morgan fingerprint density at radius 1 is 1.44 bits per heavy atom. The Hall–Kier alpha value is -2.09. The second kappa shape index (κ2) is 3.49. The maximum Gasteiger partial charge on any atom is 0.330 e. The Balaban J connectivity index is 2.94.